The van der Waals surface area contributed by atoms with Crippen LogP contribution in [0.15, 0.2) is 24.3 Å². The maximum atomic E-state index is 11.7. The highest BCUT2D eigenvalue weighted by Crippen LogP contribution is 2.25. The quantitative estimate of drug-likeness (QED) is 0.672. The van der Waals surface area contributed by atoms with Crippen LogP contribution in [0.3, 0.4) is 0 Å². The highest BCUT2D eigenvalue weighted by Gasteiger charge is 2.26. The summed E-state index contributed by atoms with van der Waals surface area (Å²) in [6.45, 7) is 2.56. The lowest BCUT2D eigenvalue weighted by atomic mass is 10.1. The number of likely N-dealkylation sites (tertiary alicyclic amines) is 1. The molecule has 0 bridgehead atoms. The minimum Gasteiger partial charge on any atom is -0.384 e. The lowest BCUT2D eigenvalue weighted by Crippen LogP contribution is -2.33. The molecule has 1 aliphatic rings. The van der Waals surface area contributed by atoms with Crippen LogP contribution in [0.5, 0.6) is 0 Å². The fourth-order valence-corrected chi connectivity index (χ4v) is 3.66. The lowest BCUT2D eigenvalue weighted by molar-refractivity contribution is -0.129. The Labute approximate surface area is 136 Å². The zero-order chi connectivity index (χ0) is 16.6. The first-order chi connectivity index (χ1) is 11.0. The van der Waals surface area contributed by atoms with E-state index in [-0.39, 0.29) is 11.7 Å². The largest absolute Gasteiger partial charge is 0.384 e. The van der Waals surface area contributed by atoms with Gasteiger partial charge in [-0.25, -0.2) is 0 Å². The molecule has 0 saturated carbocycles. The van der Waals surface area contributed by atoms with Crippen molar-refractivity contribution in [3.63, 3.8) is 0 Å². The molecular weight excluding hydrogens is 288 g/mol. The van der Waals surface area contributed by atoms with Gasteiger partial charge in [-0.2, -0.15) is 0 Å². The van der Waals surface area contributed by atoms with Crippen LogP contribution in [0.2, 0.25) is 0 Å². The van der Waals surface area contributed by atoms with E-state index in [1.165, 1.54) is 11.1 Å². The number of carbonyl (C=O) groups is 1. The van der Waals surface area contributed by atoms with E-state index in [1.54, 1.807) is 6.92 Å². The van der Waals surface area contributed by atoms with Gasteiger partial charge in [0, 0.05) is 43.3 Å². The van der Waals surface area contributed by atoms with Gasteiger partial charge in [0.05, 0.1) is 0 Å². The van der Waals surface area contributed by atoms with Crippen LogP contribution in [-0.2, 0) is 18.3 Å². The molecule has 2 heterocycles. The summed E-state index contributed by atoms with van der Waals surface area (Å²) in [5, 5.41) is 8.74. The van der Waals surface area contributed by atoms with Crippen LogP contribution >= 0.6 is 0 Å². The number of rotatable bonds is 4. The Hall–Kier alpha value is -2.30. The number of amidine groups is 1. The molecule has 5 heteroatoms. The molecule has 0 unspecified atom stereocenters. The molecule has 1 aliphatic heterocycles. The molecule has 0 radical (unpaired) electrons. The van der Waals surface area contributed by atoms with Gasteiger partial charge in [-0.3, -0.25) is 10.2 Å². The van der Waals surface area contributed by atoms with Crippen LogP contribution in [0.4, 0.5) is 0 Å². The summed E-state index contributed by atoms with van der Waals surface area (Å²) in [5.74, 6) is 0.286. The molecule has 3 rings (SSSR count). The third-order valence-electron chi connectivity index (χ3n) is 4.97. The summed E-state index contributed by atoms with van der Waals surface area (Å²) in [6.07, 6.45) is 4.18. The first-order valence-electron chi connectivity index (χ1n) is 8.17. The van der Waals surface area contributed by atoms with Crippen molar-refractivity contribution >= 4 is 22.6 Å². The van der Waals surface area contributed by atoms with Gasteiger partial charge in [0.25, 0.3) is 0 Å². The van der Waals surface area contributed by atoms with E-state index in [4.69, 9.17) is 11.1 Å². The summed E-state index contributed by atoms with van der Waals surface area (Å²) >= 11 is 0. The van der Waals surface area contributed by atoms with Crippen molar-refractivity contribution in [2.24, 2.45) is 12.8 Å². The van der Waals surface area contributed by atoms with Crippen LogP contribution in [0.1, 0.15) is 37.4 Å². The molecule has 2 aromatic rings. The highest BCUT2D eigenvalue weighted by molar-refractivity contribution is 5.98. The van der Waals surface area contributed by atoms with Crippen molar-refractivity contribution in [1.82, 2.24) is 9.47 Å². The molecule has 0 aliphatic carbocycles. The monoisotopic (exact) mass is 312 g/mol. The van der Waals surface area contributed by atoms with Crippen molar-refractivity contribution in [3.05, 3.63) is 35.5 Å². The number of nitrogen functional groups attached to an aromatic ring is 1. The number of nitrogens with one attached hydrogen (secondary N) is 1. The zero-order valence-electron chi connectivity index (χ0n) is 13.8. The fraction of sp³-hybridized carbons (Fsp3) is 0.444. The van der Waals surface area contributed by atoms with Crippen molar-refractivity contribution < 1.29 is 4.79 Å². The summed E-state index contributed by atoms with van der Waals surface area (Å²) in [6, 6.07) is 8.46. The summed E-state index contributed by atoms with van der Waals surface area (Å²) in [5.41, 5.74) is 8.70. The maximum Gasteiger partial charge on any atom is 0.219 e. The maximum absolute atomic E-state index is 11.7. The third-order valence-corrected chi connectivity index (χ3v) is 4.97. The predicted octanol–water partition coefficient (Wildman–Crippen LogP) is 2.41. The van der Waals surface area contributed by atoms with Gasteiger partial charge in [0.15, 0.2) is 0 Å². The molecular formula is C18H24N4O. The van der Waals surface area contributed by atoms with Crippen LogP contribution in [-0.4, -0.2) is 33.8 Å². The van der Waals surface area contributed by atoms with E-state index in [9.17, 15) is 4.79 Å². The molecule has 122 valence electrons. The Morgan fingerprint density at radius 3 is 2.87 bits per heavy atom. The minimum absolute atomic E-state index is 0.0951. The SMILES string of the molecule is CC(=O)N1CCC[C@H]1CCc1cc2ccc(C(=N)N)cc2n1C. The van der Waals surface area contributed by atoms with Gasteiger partial charge in [0.2, 0.25) is 5.91 Å². The van der Waals surface area contributed by atoms with E-state index >= 15 is 0 Å². The standard InChI is InChI=1S/C18H24N4O/c1-12(23)22-9-3-4-15(22)7-8-16-10-13-5-6-14(18(19)20)11-17(13)21(16)2/h5-6,10-11,15H,3-4,7-9H2,1-2H3,(H3,19,20)/t15-/m0/s1. The summed E-state index contributed by atoms with van der Waals surface area (Å²) in [7, 11) is 2.05. The van der Waals surface area contributed by atoms with E-state index in [1.807, 2.05) is 23.1 Å². The summed E-state index contributed by atoms with van der Waals surface area (Å²) in [4.78, 5) is 13.7. The topological polar surface area (TPSA) is 75.1 Å². The molecule has 1 aromatic heterocycles. The zero-order valence-corrected chi connectivity index (χ0v) is 13.8. The van der Waals surface area contributed by atoms with Crippen molar-refractivity contribution in [2.45, 2.75) is 38.6 Å². The molecule has 1 fully saturated rings. The van der Waals surface area contributed by atoms with Gasteiger partial charge < -0.3 is 15.2 Å². The molecule has 1 amide bonds. The van der Waals surface area contributed by atoms with Gasteiger partial charge in [-0.1, -0.05) is 12.1 Å². The molecule has 1 aromatic carbocycles. The number of fused-ring (bicyclic) bond motifs is 1. The van der Waals surface area contributed by atoms with E-state index in [0.717, 1.165) is 43.3 Å². The Kier molecular flexibility index (Phi) is 4.11. The van der Waals surface area contributed by atoms with Crippen molar-refractivity contribution in [1.29, 1.82) is 5.41 Å². The first kappa shape index (κ1) is 15.6. The number of nitrogens with two attached hydrogens (primary N) is 1. The lowest BCUT2D eigenvalue weighted by Gasteiger charge is -2.23. The average Bonchev–Trinajstić information content (AvgIpc) is 3.10. The number of hydrogen-bond donors (Lipinski definition) is 2. The van der Waals surface area contributed by atoms with Crippen LogP contribution < -0.4 is 5.73 Å². The van der Waals surface area contributed by atoms with Gasteiger partial charge in [-0.05, 0) is 43.2 Å². The molecule has 3 N–H and O–H groups in total. The summed E-state index contributed by atoms with van der Waals surface area (Å²) < 4.78 is 2.18. The van der Waals surface area contributed by atoms with E-state index < -0.39 is 0 Å². The first-order valence-corrected chi connectivity index (χ1v) is 8.17. The minimum atomic E-state index is 0.0951. The van der Waals surface area contributed by atoms with Gasteiger partial charge in [0.1, 0.15) is 5.84 Å². The molecule has 1 atom stereocenters. The van der Waals surface area contributed by atoms with Gasteiger partial charge >= 0.3 is 0 Å². The van der Waals surface area contributed by atoms with Crippen LogP contribution in [0, 0.1) is 5.41 Å². The second kappa shape index (κ2) is 6.07. The van der Waals surface area contributed by atoms with E-state index in [0.29, 0.717) is 6.04 Å². The Balaban J connectivity index is 1.79. The predicted molar refractivity (Wildman–Crippen MR) is 92.7 cm³/mol. The number of aromatic nitrogens is 1. The number of nitrogens with zero attached hydrogens (tertiary/aromatic N) is 2. The average molecular weight is 312 g/mol. The normalized spacial score (nSPS) is 17.8. The second-order valence-corrected chi connectivity index (χ2v) is 6.43. The van der Waals surface area contributed by atoms with Crippen molar-refractivity contribution in [2.75, 3.05) is 6.54 Å². The molecule has 23 heavy (non-hydrogen) atoms. The molecule has 0 spiro atoms. The van der Waals surface area contributed by atoms with Crippen LogP contribution in [0.25, 0.3) is 10.9 Å². The Bertz CT molecular complexity index is 762. The smallest absolute Gasteiger partial charge is 0.219 e. The van der Waals surface area contributed by atoms with Gasteiger partial charge in [-0.15, -0.1) is 0 Å². The molecule has 5 nitrogen and oxygen atoms in total. The number of hydrogen-bond acceptors (Lipinski definition) is 2. The fourth-order valence-electron chi connectivity index (χ4n) is 3.66. The molecule has 1 saturated heterocycles. The number of benzene rings is 1. The van der Waals surface area contributed by atoms with E-state index in [2.05, 4.69) is 17.7 Å². The number of aryl methyl sites for hydroxylation is 2. The highest BCUT2D eigenvalue weighted by atomic mass is 16.2. The van der Waals surface area contributed by atoms with Crippen molar-refractivity contribution in [3.8, 4) is 0 Å². The second-order valence-electron chi connectivity index (χ2n) is 6.43. The Morgan fingerprint density at radius 2 is 2.17 bits per heavy atom. The Morgan fingerprint density at radius 1 is 1.39 bits per heavy atom. The third kappa shape index (κ3) is 2.96. The number of carbonyl (C=O) groups excluding carboxylic acids is 1. The number of amides is 1.